The number of rotatable bonds is 8. The van der Waals surface area contributed by atoms with Crippen molar-refractivity contribution in [2.75, 3.05) is 22.1 Å². The predicted octanol–water partition coefficient (Wildman–Crippen LogP) is 6.98. The van der Waals surface area contributed by atoms with E-state index in [0.717, 1.165) is 51.6 Å². The van der Waals surface area contributed by atoms with Gasteiger partial charge < -0.3 is 10.6 Å². The first-order valence-electron chi connectivity index (χ1n) is 11.1. The standard InChI is InChI=1S/C26H22N4O2S4/c1-15-6-5-7-16(2)24(15)30-23(32)14-34-26-29-19-11-10-17(12-21(19)36-26)27-22(31)13-33-25-28-18-8-3-4-9-20(18)35-25/h3-12H,13-14H2,1-2H3,(H,27,31)(H,30,32). The lowest BCUT2D eigenvalue weighted by Gasteiger charge is -2.10. The number of carbonyl (C=O) groups is 2. The largest absolute Gasteiger partial charge is 0.325 e. The molecule has 2 aromatic heterocycles. The molecule has 0 fully saturated rings. The van der Waals surface area contributed by atoms with Crippen LogP contribution in [-0.2, 0) is 9.59 Å². The first-order chi connectivity index (χ1) is 17.4. The number of hydrogen-bond acceptors (Lipinski definition) is 8. The Hall–Kier alpha value is -2.92. The SMILES string of the molecule is Cc1cccc(C)c1NC(=O)CSc1nc2ccc(NC(=O)CSc3nc4ccccc4s3)cc2s1. The Morgan fingerprint density at radius 3 is 2.06 bits per heavy atom. The zero-order valence-electron chi connectivity index (χ0n) is 19.5. The van der Waals surface area contributed by atoms with Gasteiger partial charge in [0.2, 0.25) is 11.8 Å². The molecule has 0 radical (unpaired) electrons. The molecule has 0 spiro atoms. The molecule has 0 saturated carbocycles. The van der Waals surface area contributed by atoms with E-state index in [1.165, 1.54) is 34.9 Å². The molecule has 0 aliphatic carbocycles. The summed E-state index contributed by atoms with van der Waals surface area (Å²) in [6.07, 6.45) is 0. The maximum Gasteiger partial charge on any atom is 0.234 e. The number of amides is 2. The van der Waals surface area contributed by atoms with Crippen molar-refractivity contribution < 1.29 is 9.59 Å². The number of aromatic nitrogens is 2. The van der Waals surface area contributed by atoms with Crippen LogP contribution in [0.25, 0.3) is 20.4 Å². The van der Waals surface area contributed by atoms with Crippen molar-refractivity contribution in [3.05, 3.63) is 71.8 Å². The van der Waals surface area contributed by atoms with Crippen LogP contribution in [0, 0.1) is 13.8 Å². The number of thiazole rings is 2. The fourth-order valence-corrected chi connectivity index (χ4v) is 7.37. The van der Waals surface area contributed by atoms with Crippen molar-refractivity contribution in [1.29, 1.82) is 0 Å². The van der Waals surface area contributed by atoms with E-state index in [2.05, 4.69) is 20.6 Å². The highest BCUT2D eigenvalue weighted by Gasteiger charge is 2.12. The zero-order chi connectivity index (χ0) is 25.1. The van der Waals surface area contributed by atoms with Crippen LogP contribution in [0.2, 0.25) is 0 Å². The van der Waals surface area contributed by atoms with E-state index in [1.807, 2.05) is 74.5 Å². The van der Waals surface area contributed by atoms with E-state index in [1.54, 1.807) is 11.3 Å². The average molecular weight is 551 g/mol. The smallest absolute Gasteiger partial charge is 0.234 e. The molecular formula is C26H22N4O2S4. The second kappa shape index (κ2) is 11.0. The number of nitrogens with zero attached hydrogens (tertiary/aromatic N) is 2. The third kappa shape index (κ3) is 5.89. The van der Waals surface area contributed by atoms with Gasteiger partial charge in [0.1, 0.15) is 0 Å². The molecule has 5 aromatic rings. The van der Waals surface area contributed by atoms with Crippen LogP contribution in [0.15, 0.2) is 69.3 Å². The summed E-state index contributed by atoms with van der Waals surface area (Å²) in [5, 5.41) is 5.97. The Morgan fingerprint density at radius 1 is 0.750 bits per heavy atom. The molecular weight excluding hydrogens is 529 g/mol. The van der Waals surface area contributed by atoms with E-state index in [4.69, 9.17) is 0 Å². The van der Waals surface area contributed by atoms with Gasteiger partial charge in [-0.2, -0.15) is 0 Å². The minimum Gasteiger partial charge on any atom is -0.325 e. The van der Waals surface area contributed by atoms with Gasteiger partial charge in [-0.05, 0) is 55.3 Å². The molecule has 36 heavy (non-hydrogen) atoms. The van der Waals surface area contributed by atoms with Crippen molar-refractivity contribution in [2.24, 2.45) is 0 Å². The van der Waals surface area contributed by atoms with E-state index < -0.39 is 0 Å². The van der Waals surface area contributed by atoms with Crippen LogP contribution in [0.3, 0.4) is 0 Å². The van der Waals surface area contributed by atoms with Crippen LogP contribution in [0.4, 0.5) is 11.4 Å². The van der Waals surface area contributed by atoms with Crippen LogP contribution in [0.5, 0.6) is 0 Å². The molecule has 5 rings (SSSR count). The van der Waals surface area contributed by atoms with Gasteiger partial charge >= 0.3 is 0 Å². The van der Waals surface area contributed by atoms with Gasteiger partial charge in [0.05, 0.1) is 31.9 Å². The molecule has 10 heteroatoms. The summed E-state index contributed by atoms with van der Waals surface area (Å²) in [5.74, 6) is 0.424. The summed E-state index contributed by atoms with van der Waals surface area (Å²) >= 11 is 5.95. The van der Waals surface area contributed by atoms with E-state index in [-0.39, 0.29) is 23.3 Å². The summed E-state index contributed by atoms with van der Waals surface area (Å²) in [5.41, 5.74) is 5.49. The van der Waals surface area contributed by atoms with E-state index in [9.17, 15) is 9.59 Å². The first-order valence-corrected chi connectivity index (χ1v) is 14.7. The molecule has 0 saturated heterocycles. The number of benzene rings is 3. The summed E-state index contributed by atoms with van der Waals surface area (Å²) in [6.45, 7) is 3.97. The van der Waals surface area contributed by atoms with Crippen LogP contribution in [0.1, 0.15) is 11.1 Å². The van der Waals surface area contributed by atoms with Crippen molar-refractivity contribution in [1.82, 2.24) is 9.97 Å². The number of aryl methyl sites for hydroxylation is 2. The normalized spacial score (nSPS) is 11.2. The fraction of sp³-hybridized carbons (Fsp3) is 0.154. The lowest BCUT2D eigenvalue weighted by Crippen LogP contribution is -2.15. The quantitative estimate of drug-likeness (QED) is 0.203. The van der Waals surface area contributed by atoms with Gasteiger partial charge in [-0.25, -0.2) is 9.97 Å². The lowest BCUT2D eigenvalue weighted by molar-refractivity contribution is -0.114. The van der Waals surface area contributed by atoms with Crippen molar-refractivity contribution in [2.45, 2.75) is 22.5 Å². The van der Waals surface area contributed by atoms with Gasteiger partial charge in [-0.15, -0.1) is 22.7 Å². The van der Waals surface area contributed by atoms with Crippen molar-refractivity contribution in [3.8, 4) is 0 Å². The third-order valence-corrected chi connectivity index (χ3v) is 9.67. The molecule has 0 unspecified atom stereocenters. The average Bonchev–Trinajstić information content (AvgIpc) is 3.47. The molecule has 2 amide bonds. The van der Waals surface area contributed by atoms with Gasteiger partial charge in [-0.1, -0.05) is 53.9 Å². The molecule has 0 atom stereocenters. The molecule has 0 aliphatic rings. The highest BCUT2D eigenvalue weighted by molar-refractivity contribution is 8.02. The number of hydrogen-bond donors (Lipinski definition) is 2. The Balaban J connectivity index is 1.16. The second-order valence-electron chi connectivity index (χ2n) is 8.05. The maximum absolute atomic E-state index is 12.5. The van der Waals surface area contributed by atoms with Crippen LogP contribution >= 0.6 is 46.2 Å². The first kappa shape index (κ1) is 24.8. The molecule has 2 N–H and O–H groups in total. The number of anilines is 2. The number of thioether (sulfide) groups is 2. The van der Waals surface area contributed by atoms with E-state index >= 15 is 0 Å². The number of fused-ring (bicyclic) bond motifs is 2. The molecule has 0 bridgehead atoms. The number of para-hydroxylation sites is 2. The van der Waals surface area contributed by atoms with Gasteiger partial charge in [0.25, 0.3) is 0 Å². The summed E-state index contributed by atoms with van der Waals surface area (Å²) < 4.78 is 3.78. The third-order valence-electron chi connectivity index (χ3n) is 5.33. The number of carbonyl (C=O) groups excluding carboxylic acids is 2. The van der Waals surface area contributed by atoms with Gasteiger partial charge in [0, 0.05) is 11.4 Å². The van der Waals surface area contributed by atoms with Crippen LogP contribution < -0.4 is 10.6 Å². The summed E-state index contributed by atoms with van der Waals surface area (Å²) in [6, 6.07) is 19.6. The Bertz CT molecular complexity index is 1520. The number of nitrogens with one attached hydrogen (secondary N) is 2. The monoisotopic (exact) mass is 550 g/mol. The topological polar surface area (TPSA) is 84.0 Å². The Kier molecular flexibility index (Phi) is 7.56. The molecule has 6 nitrogen and oxygen atoms in total. The fourth-order valence-electron chi connectivity index (χ4n) is 3.59. The minimum absolute atomic E-state index is 0.0600. The molecule has 182 valence electrons. The lowest BCUT2D eigenvalue weighted by atomic mass is 10.1. The highest BCUT2D eigenvalue weighted by atomic mass is 32.2. The van der Waals surface area contributed by atoms with Crippen LogP contribution in [-0.4, -0.2) is 33.3 Å². The maximum atomic E-state index is 12.5. The second-order valence-corrected chi connectivity index (χ2v) is 12.6. The predicted molar refractivity (Wildman–Crippen MR) is 154 cm³/mol. The Morgan fingerprint density at radius 2 is 1.36 bits per heavy atom. The summed E-state index contributed by atoms with van der Waals surface area (Å²) in [7, 11) is 0. The van der Waals surface area contributed by atoms with Crippen molar-refractivity contribution in [3.63, 3.8) is 0 Å². The van der Waals surface area contributed by atoms with Crippen molar-refractivity contribution >= 4 is 89.8 Å². The highest BCUT2D eigenvalue weighted by Crippen LogP contribution is 2.32. The Labute approximate surface area is 224 Å². The minimum atomic E-state index is -0.0825. The molecule has 0 aliphatic heterocycles. The molecule has 3 aromatic carbocycles. The van der Waals surface area contributed by atoms with Gasteiger partial charge in [0.15, 0.2) is 8.68 Å². The molecule has 2 heterocycles. The van der Waals surface area contributed by atoms with Gasteiger partial charge in [-0.3, -0.25) is 9.59 Å². The summed E-state index contributed by atoms with van der Waals surface area (Å²) in [4.78, 5) is 34.2. The zero-order valence-corrected chi connectivity index (χ0v) is 22.8. The van der Waals surface area contributed by atoms with E-state index in [0.29, 0.717) is 0 Å².